The Morgan fingerprint density at radius 3 is 2.41 bits per heavy atom. The van der Waals surface area contributed by atoms with Crippen LogP contribution in [0.4, 0.5) is 0 Å². The van der Waals surface area contributed by atoms with Crippen molar-refractivity contribution >= 4 is 5.71 Å². The first kappa shape index (κ1) is 21.5. The van der Waals surface area contributed by atoms with Gasteiger partial charge in [0.25, 0.3) is 0 Å². The lowest BCUT2D eigenvalue weighted by Gasteiger charge is -2.32. The number of aromatic hydroxyl groups is 1. The number of phenolic OH excluding ortho intramolecular Hbond substituents is 1. The Bertz CT molecular complexity index is 765. The zero-order valence-corrected chi connectivity index (χ0v) is 17.9. The van der Waals surface area contributed by atoms with E-state index >= 15 is 0 Å². The van der Waals surface area contributed by atoms with Gasteiger partial charge in [0, 0.05) is 30.8 Å². The lowest BCUT2D eigenvalue weighted by atomic mass is 9.90. The summed E-state index contributed by atoms with van der Waals surface area (Å²) in [5.74, 6) is 1.12. The molecule has 4 heteroatoms. The van der Waals surface area contributed by atoms with Gasteiger partial charge in [0.15, 0.2) is 0 Å². The van der Waals surface area contributed by atoms with E-state index in [4.69, 9.17) is 4.99 Å². The van der Waals surface area contributed by atoms with Crippen molar-refractivity contribution in [3.8, 4) is 5.75 Å². The Kier molecular flexibility index (Phi) is 8.26. The summed E-state index contributed by atoms with van der Waals surface area (Å²) in [5.41, 5.74) is 3.36. The molecule has 29 heavy (non-hydrogen) atoms. The van der Waals surface area contributed by atoms with Crippen LogP contribution in [0.1, 0.15) is 30.4 Å². The average Bonchev–Trinajstić information content (AvgIpc) is 2.73. The summed E-state index contributed by atoms with van der Waals surface area (Å²) in [6.45, 7) is 5.00. The highest BCUT2D eigenvalue weighted by Gasteiger charge is 2.20. The zero-order valence-electron chi connectivity index (χ0n) is 17.9. The van der Waals surface area contributed by atoms with Crippen LogP contribution >= 0.6 is 0 Å². The molecule has 1 fully saturated rings. The minimum Gasteiger partial charge on any atom is -0.507 e. The van der Waals surface area contributed by atoms with Crippen LogP contribution in [-0.2, 0) is 6.42 Å². The number of likely N-dealkylation sites (N-methyl/N-ethyl adjacent to an activating group) is 1. The minimum absolute atomic E-state index is 0.331. The van der Waals surface area contributed by atoms with Gasteiger partial charge in [-0.05, 0) is 70.1 Å². The molecule has 156 valence electrons. The summed E-state index contributed by atoms with van der Waals surface area (Å²) >= 11 is 0. The van der Waals surface area contributed by atoms with Crippen LogP contribution in [0.2, 0.25) is 0 Å². The van der Waals surface area contributed by atoms with E-state index in [0.717, 1.165) is 56.3 Å². The van der Waals surface area contributed by atoms with Gasteiger partial charge in [-0.3, -0.25) is 4.99 Å². The van der Waals surface area contributed by atoms with Crippen LogP contribution in [-0.4, -0.2) is 67.4 Å². The molecule has 1 heterocycles. The van der Waals surface area contributed by atoms with E-state index in [2.05, 4.69) is 54.2 Å². The molecule has 1 N–H and O–H groups in total. The fourth-order valence-corrected chi connectivity index (χ4v) is 4.03. The van der Waals surface area contributed by atoms with Crippen molar-refractivity contribution in [3.05, 3.63) is 65.7 Å². The van der Waals surface area contributed by atoms with E-state index in [1.165, 1.54) is 24.8 Å². The molecule has 3 rings (SSSR count). The number of rotatable bonds is 9. The molecule has 1 saturated heterocycles. The number of hydrogen-bond donors (Lipinski definition) is 1. The number of likely N-dealkylation sites (tertiary alicyclic amines) is 1. The van der Waals surface area contributed by atoms with Crippen molar-refractivity contribution in [3.63, 3.8) is 0 Å². The van der Waals surface area contributed by atoms with Crippen LogP contribution in [0.25, 0.3) is 0 Å². The molecule has 0 aliphatic carbocycles. The summed E-state index contributed by atoms with van der Waals surface area (Å²) in [6.07, 6.45) is 4.61. The Morgan fingerprint density at radius 2 is 1.72 bits per heavy atom. The van der Waals surface area contributed by atoms with Crippen molar-refractivity contribution in [2.24, 2.45) is 10.9 Å². The molecule has 2 aromatic rings. The zero-order chi connectivity index (χ0) is 20.5. The topological polar surface area (TPSA) is 39.1 Å². The summed E-state index contributed by atoms with van der Waals surface area (Å²) < 4.78 is 0. The molecule has 1 aliphatic rings. The first-order valence-electron chi connectivity index (χ1n) is 10.8. The Balaban J connectivity index is 1.52. The third kappa shape index (κ3) is 6.98. The smallest absolute Gasteiger partial charge is 0.124 e. The van der Waals surface area contributed by atoms with Gasteiger partial charge in [-0.2, -0.15) is 0 Å². The highest BCUT2D eigenvalue weighted by molar-refractivity contribution is 6.02. The van der Waals surface area contributed by atoms with Crippen LogP contribution < -0.4 is 0 Å². The fraction of sp³-hybridized carbons (Fsp3) is 0.480. The lowest BCUT2D eigenvalue weighted by Crippen LogP contribution is -2.35. The van der Waals surface area contributed by atoms with Gasteiger partial charge in [-0.25, -0.2) is 0 Å². The number of hydrogen-bond acceptors (Lipinski definition) is 4. The maximum absolute atomic E-state index is 10.3. The third-order valence-corrected chi connectivity index (χ3v) is 5.80. The van der Waals surface area contributed by atoms with Gasteiger partial charge in [0.1, 0.15) is 5.75 Å². The average molecular weight is 394 g/mol. The van der Waals surface area contributed by atoms with E-state index in [1.807, 2.05) is 18.2 Å². The lowest BCUT2D eigenvalue weighted by molar-refractivity contribution is 0.188. The van der Waals surface area contributed by atoms with Gasteiger partial charge in [-0.1, -0.05) is 42.5 Å². The fourth-order valence-electron chi connectivity index (χ4n) is 4.03. The van der Waals surface area contributed by atoms with Gasteiger partial charge >= 0.3 is 0 Å². The Hall–Kier alpha value is -2.17. The van der Waals surface area contributed by atoms with E-state index in [0.29, 0.717) is 5.75 Å². The minimum atomic E-state index is 0.331. The van der Waals surface area contributed by atoms with Crippen molar-refractivity contribution in [1.82, 2.24) is 9.80 Å². The van der Waals surface area contributed by atoms with Crippen molar-refractivity contribution in [2.45, 2.75) is 25.7 Å². The monoisotopic (exact) mass is 393 g/mol. The number of benzene rings is 2. The van der Waals surface area contributed by atoms with Gasteiger partial charge in [-0.15, -0.1) is 0 Å². The highest BCUT2D eigenvalue weighted by atomic mass is 16.3. The molecule has 0 bridgehead atoms. The molecular formula is C25H35N3O. The van der Waals surface area contributed by atoms with Gasteiger partial charge < -0.3 is 14.9 Å². The van der Waals surface area contributed by atoms with E-state index in [9.17, 15) is 5.11 Å². The largest absolute Gasteiger partial charge is 0.507 e. The predicted octanol–water partition coefficient (Wildman–Crippen LogP) is 4.09. The third-order valence-electron chi connectivity index (χ3n) is 5.80. The quantitative estimate of drug-likeness (QED) is 0.652. The molecule has 1 aliphatic heterocycles. The maximum Gasteiger partial charge on any atom is 0.124 e. The highest BCUT2D eigenvalue weighted by Crippen LogP contribution is 2.23. The van der Waals surface area contributed by atoms with Crippen LogP contribution in [0.5, 0.6) is 5.75 Å². The number of para-hydroxylation sites is 1. The molecule has 2 aromatic carbocycles. The molecule has 0 unspecified atom stereocenters. The second kappa shape index (κ2) is 11.1. The second-order valence-corrected chi connectivity index (χ2v) is 8.37. The van der Waals surface area contributed by atoms with Crippen LogP contribution in [0, 0.1) is 5.92 Å². The van der Waals surface area contributed by atoms with Gasteiger partial charge in [0.2, 0.25) is 0 Å². The summed E-state index contributed by atoms with van der Waals surface area (Å²) in [5, 5.41) is 10.3. The molecular weight excluding hydrogens is 358 g/mol. The maximum atomic E-state index is 10.3. The molecule has 0 aromatic heterocycles. The molecule has 0 atom stereocenters. The molecule has 4 nitrogen and oxygen atoms in total. The Labute approximate surface area is 175 Å². The number of piperidine rings is 1. The number of phenols is 1. The number of aliphatic imine (C=N–C) groups is 1. The molecule has 0 radical (unpaired) electrons. The normalized spacial score (nSPS) is 16.4. The summed E-state index contributed by atoms with van der Waals surface area (Å²) in [6, 6.07) is 18.4. The van der Waals surface area contributed by atoms with E-state index < -0.39 is 0 Å². The summed E-state index contributed by atoms with van der Waals surface area (Å²) in [4.78, 5) is 9.54. The van der Waals surface area contributed by atoms with Crippen LogP contribution in [0.3, 0.4) is 0 Å². The second-order valence-electron chi connectivity index (χ2n) is 8.37. The van der Waals surface area contributed by atoms with Crippen molar-refractivity contribution < 1.29 is 5.11 Å². The van der Waals surface area contributed by atoms with E-state index in [1.54, 1.807) is 6.07 Å². The van der Waals surface area contributed by atoms with Gasteiger partial charge in [0.05, 0.1) is 6.54 Å². The standard InChI is InChI=1S/C25H35N3O/c1-27(2)19-15-26-24(23-10-6-7-11-25(23)29)14-18-28-16-12-22(13-17-28)20-21-8-4-3-5-9-21/h3-11,22,29H,12-20H2,1-2H3/b26-24+. The SMILES string of the molecule is CN(C)CC/N=C(\CCN1CCC(Cc2ccccc2)CC1)c1ccccc1O. The first-order valence-corrected chi connectivity index (χ1v) is 10.8. The number of nitrogens with zero attached hydrogens (tertiary/aromatic N) is 3. The Morgan fingerprint density at radius 1 is 1.03 bits per heavy atom. The van der Waals surface area contributed by atoms with Crippen molar-refractivity contribution in [2.75, 3.05) is 46.8 Å². The predicted molar refractivity (Wildman–Crippen MR) is 122 cm³/mol. The molecule has 0 spiro atoms. The van der Waals surface area contributed by atoms with E-state index in [-0.39, 0.29) is 0 Å². The summed E-state index contributed by atoms with van der Waals surface area (Å²) in [7, 11) is 4.13. The molecule has 0 amide bonds. The van der Waals surface area contributed by atoms with Crippen molar-refractivity contribution in [1.29, 1.82) is 0 Å². The van der Waals surface area contributed by atoms with Crippen LogP contribution in [0.15, 0.2) is 59.6 Å². The molecule has 0 saturated carbocycles. The first-order chi connectivity index (χ1) is 14.1.